The fourth-order valence-electron chi connectivity index (χ4n) is 0.714. The van der Waals surface area contributed by atoms with Gasteiger partial charge in [-0.3, -0.25) is 0 Å². The molecule has 3 nitrogen and oxygen atoms in total. The molecule has 2 N–H and O–H groups in total. The first-order valence-corrected chi connectivity index (χ1v) is 3.37. The molecule has 0 aromatic heterocycles. The monoisotopic (exact) mass is 145 g/mol. The van der Waals surface area contributed by atoms with Crippen LogP contribution in [0.2, 0.25) is 0 Å². The van der Waals surface area contributed by atoms with E-state index in [0.29, 0.717) is 6.54 Å². The fraction of sp³-hybridized carbons (Fsp3) is 0.714. The fourth-order valence-corrected chi connectivity index (χ4v) is 0.714. The van der Waals surface area contributed by atoms with Crippen LogP contribution in [0.1, 0.15) is 13.3 Å². The summed E-state index contributed by atoms with van der Waals surface area (Å²) < 4.78 is 5.05. The third-order valence-electron chi connectivity index (χ3n) is 1.25. The summed E-state index contributed by atoms with van der Waals surface area (Å²) in [6.07, 6.45) is 4.80. The summed E-state index contributed by atoms with van der Waals surface area (Å²) in [5.41, 5.74) is 2.08. The third kappa shape index (κ3) is 4.49. The summed E-state index contributed by atoms with van der Waals surface area (Å²) in [5, 5.41) is 8.25. The van der Waals surface area contributed by atoms with Crippen molar-refractivity contribution in [1.82, 2.24) is 5.48 Å². The average Bonchev–Trinajstić information content (AvgIpc) is 1.98. The van der Waals surface area contributed by atoms with Gasteiger partial charge in [0.1, 0.15) is 0 Å². The van der Waals surface area contributed by atoms with Crippen LogP contribution >= 0.6 is 0 Å². The van der Waals surface area contributed by atoms with Crippen molar-refractivity contribution < 1.29 is 9.94 Å². The zero-order valence-electron chi connectivity index (χ0n) is 6.50. The van der Waals surface area contributed by atoms with E-state index >= 15 is 0 Å². The van der Waals surface area contributed by atoms with Crippen LogP contribution in [-0.4, -0.2) is 25.0 Å². The molecule has 0 aliphatic rings. The van der Waals surface area contributed by atoms with Gasteiger partial charge in [0.2, 0.25) is 0 Å². The Hall–Kier alpha value is -0.380. The van der Waals surface area contributed by atoms with Gasteiger partial charge in [0, 0.05) is 13.7 Å². The van der Waals surface area contributed by atoms with E-state index in [0.717, 1.165) is 6.42 Å². The second-order valence-electron chi connectivity index (χ2n) is 2.00. The smallest absolute Gasteiger partial charge is 0.0764 e. The normalized spacial score (nSPS) is 14.3. The molecule has 0 heterocycles. The van der Waals surface area contributed by atoms with Crippen molar-refractivity contribution in [1.29, 1.82) is 0 Å². The Morgan fingerprint density at radius 1 is 1.70 bits per heavy atom. The van der Waals surface area contributed by atoms with Crippen molar-refractivity contribution in [3.63, 3.8) is 0 Å². The highest BCUT2D eigenvalue weighted by Crippen LogP contribution is 1.96. The van der Waals surface area contributed by atoms with E-state index in [9.17, 15) is 0 Å². The van der Waals surface area contributed by atoms with Crippen molar-refractivity contribution >= 4 is 0 Å². The molecule has 0 radical (unpaired) electrons. The second kappa shape index (κ2) is 6.74. The number of ether oxygens (including phenoxy) is 1. The standard InChI is InChI=1S/C7H15NO2/c1-3-4-7(10-2)5-6-8-9/h3-4,7-9H,5-6H2,1-2H3/b4-3+. The van der Waals surface area contributed by atoms with E-state index in [1.54, 1.807) is 7.11 Å². The van der Waals surface area contributed by atoms with Gasteiger partial charge in [0.05, 0.1) is 6.10 Å². The molecule has 3 heteroatoms. The van der Waals surface area contributed by atoms with Gasteiger partial charge in [-0.1, -0.05) is 12.2 Å². The Morgan fingerprint density at radius 3 is 2.80 bits per heavy atom. The molecule has 60 valence electrons. The number of allylic oxidation sites excluding steroid dienone is 1. The van der Waals surface area contributed by atoms with Crippen LogP contribution in [-0.2, 0) is 4.74 Å². The summed E-state index contributed by atoms with van der Waals surface area (Å²) in [5.74, 6) is 0. The first-order chi connectivity index (χ1) is 4.85. The minimum Gasteiger partial charge on any atom is -0.377 e. The average molecular weight is 145 g/mol. The van der Waals surface area contributed by atoms with E-state index in [-0.39, 0.29) is 6.10 Å². The largest absolute Gasteiger partial charge is 0.377 e. The van der Waals surface area contributed by atoms with Gasteiger partial charge in [-0.25, -0.2) is 5.48 Å². The molecule has 0 saturated heterocycles. The zero-order valence-corrected chi connectivity index (χ0v) is 6.50. The molecule has 0 saturated carbocycles. The van der Waals surface area contributed by atoms with Crippen LogP contribution in [0.3, 0.4) is 0 Å². The highest BCUT2D eigenvalue weighted by atomic mass is 16.5. The molecule has 0 aliphatic heterocycles. The number of hydroxylamine groups is 1. The molecule has 1 atom stereocenters. The lowest BCUT2D eigenvalue weighted by Gasteiger charge is -2.08. The summed E-state index contributed by atoms with van der Waals surface area (Å²) in [4.78, 5) is 0. The van der Waals surface area contributed by atoms with Crippen LogP contribution < -0.4 is 5.48 Å². The highest BCUT2D eigenvalue weighted by molar-refractivity contribution is 4.86. The SMILES string of the molecule is C/C=C/C(CCNO)OC. The summed E-state index contributed by atoms with van der Waals surface area (Å²) in [7, 11) is 1.65. The minimum atomic E-state index is 0.115. The summed E-state index contributed by atoms with van der Waals surface area (Å²) in [6, 6.07) is 0. The Kier molecular flexibility index (Phi) is 6.48. The molecule has 0 aromatic carbocycles. The lowest BCUT2D eigenvalue weighted by molar-refractivity contribution is 0.107. The third-order valence-corrected chi connectivity index (χ3v) is 1.25. The van der Waals surface area contributed by atoms with E-state index in [1.807, 2.05) is 19.1 Å². The van der Waals surface area contributed by atoms with Gasteiger partial charge in [-0.2, -0.15) is 0 Å². The van der Waals surface area contributed by atoms with Crippen molar-refractivity contribution in [2.45, 2.75) is 19.4 Å². The lowest BCUT2D eigenvalue weighted by Crippen LogP contribution is -2.17. The molecule has 0 aromatic rings. The Labute approximate surface area is 61.7 Å². The number of hydrogen-bond donors (Lipinski definition) is 2. The Bertz CT molecular complexity index is 93.6. The molecule has 0 fully saturated rings. The highest BCUT2D eigenvalue weighted by Gasteiger charge is 1.99. The molecule has 0 rings (SSSR count). The number of rotatable bonds is 5. The topological polar surface area (TPSA) is 41.5 Å². The maximum atomic E-state index is 8.25. The molecule has 0 aliphatic carbocycles. The molecular weight excluding hydrogens is 130 g/mol. The predicted octanol–water partition coefficient (Wildman–Crippen LogP) is 0.946. The van der Waals surface area contributed by atoms with E-state index in [1.165, 1.54) is 0 Å². The van der Waals surface area contributed by atoms with Crippen LogP contribution in [0.15, 0.2) is 12.2 Å². The maximum absolute atomic E-state index is 8.25. The van der Waals surface area contributed by atoms with E-state index < -0.39 is 0 Å². The molecule has 0 spiro atoms. The van der Waals surface area contributed by atoms with E-state index in [4.69, 9.17) is 9.94 Å². The van der Waals surface area contributed by atoms with Gasteiger partial charge >= 0.3 is 0 Å². The van der Waals surface area contributed by atoms with Crippen molar-refractivity contribution in [3.8, 4) is 0 Å². The van der Waals surface area contributed by atoms with Crippen molar-refractivity contribution in [2.24, 2.45) is 0 Å². The Balaban J connectivity index is 3.39. The zero-order chi connectivity index (χ0) is 7.82. The van der Waals surface area contributed by atoms with Crippen LogP contribution in [0.4, 0.5) is 0 Å². The van der Waals surface area contributed by atoms with Crippen LogP contribution in [0.25, 0.3) is 0 Å². The minimum absolute atomic E-state index is 0.115. The van der Waals surface area contributed by atoms with Gasteiger partial charge in [-0.15, -0.1) is 0 Å². The Morgan fingerprint density at radius 2 is 2.40 bits per heavy atom. The summed E-state index contributed by atoms with van der Waals surface area (Å²) >= 11 is 0. The lowest BCUT2D eigenvalue weighted by atomic mass is 10.2. The second-order valence-corrected chi connectivity index (χ2v) is 2.00. The first-order valence-electron chi connectivity index (χ1n) is 3.37. The summed E-state index contributed by atoms with van der Waals surface area (Å²) in [6.45, 7) is 2.50. The first kappa shape index (κ1) is 9.62. The number of methoxy groups -OCH3 is 1. The quantitative estimate of drug-likeness (QED) is 0.447. The van der Waals surface area contributed by atoms with Crippen LogP contribution in [0.5, 0.6) is 0 Å². The molecule has 0 bridgehead atoms. The van der Waals surface area contributed by atoms with Crippen molar-refractivity contribution in [2.75, 3.05) is 13.7 Å². The van der Waals surface area contributed by atoms with Crippen LogP contribution in [0, 0.1) is 0 Å². The molecule has 10 heavy (non-hydrogen) atoms. The predicted molar refractivity (Wildman–Crippen MR) is 40.0 cm³/mol. The van der Waals surface area contributed by atoms with Crippen molar-refractivity contribution in [3.05, 3.63) is 12.2 Å². The molecule has 1 unspecified atom stereocenters. The van der Waals surface area contributed by atoms with Gasteiger partial charge in [0.25, 0.3) is 0 Å². The van der Waals surface area contributed by atoms with Gasteiger partial charge in [0.15, 0.2) is 0 Å². The van der Waals surface area contributed by atoms with Gasteiger partial charge in [-0.05, 0) is 13.3 Å². The maximum Gasteiger partial charge on any atom is 0.0764 e. The van der Waals surface area contributed by atoms with Gasteiger partial charge < -0.3 is 9.94 Å². The number of nitrogens with one attached hydrogen (secondary N) is 1. The van der Waals surface area contributed by atoms with E-state index in [2.05, 4.69) is 5.48 Å². The molecular formula is C7H15NO2. The number of hydrogen-bond acceptors (Lipinski definition) is 3. The molecule has 0 amide bonds.